The zero-order valence-corrected chi connectivity index (χ0v) is 39.4. The van der Waals surface area contributed by atoms with Gasteiger partial charge in [-0.15, -0.1) is 0 Å². The third-order valence-corrected chi connectivity index (χ3v) is 14.3. The average molecular weight is 945 g/mol. The van der Waals surface area contributed by atoms with E-state index in [-0.39, 0.29) is 49.3 Å². The number of nitrogens with one attached hydrogen (secondary N) is 1. The normalized spacial score (nSPS) is 31.5. The molecule has 1 saturated heterocycles. The molecule has 2 aromatic carbocycles. The number of aliphatic hydroxyl groups is 3. The van der Waals surface area contributed by atoms with Crippen molar-refractivity contribution >= 4 is 41.6 Å². The van der Waals surface area contributed by atoms with Crippen molar-refractivity contribution in [2.75, 3.05) is 19.8 Å². The molecule has 2 saturated carbocycles. The number of nitrogens with zero attached hydrogens (tertiary/aromatic N) is 1. The van der Waals surface area contributed by atoms with Gasteiger partial charge in [0.2, 0.25) is 0 Å². The van der Waals surface area contributed by atoms with Gasteiger partial charge in [0, 0.05) is 50.5 Å². The van der Waals surface area contributed by atoms with Gasteiger partial charge in [0.1, 0.15) is 35.6 Å². The van der Waals surface area contributed by atoms with E-state index in [1.807, 2.05) is 0 Å². The molecule has 366 valence electrons. The molecule has 11 atom stereocenters. The van der Waals surface area contributed by atoms with E-state index in [0.29, 0.717) is 5.56 Å². The Kier molecular flexibility index (Phi) is 13.7. The lowest BCUT2D eigenvalue weighted by atomic mass is 9.44. The van der Waals surface area contributed by atoms with E-state index in [9.17, 15) is 39.3 Å². The van der Waals surface area contributed by atoms with Crippen molar-refractivity contribution in [3.8, 4) is 0 Å². The Bertz CT molecular complexity index is 2380. The van der Waals surface area contributed by atoms with E-state index in [0.717, 1.165) is 24.0 Å². The predicted molar refractivity (Wildman–Crippen MR) is 238 cm³/mol. The summed E-state index contributed by atoms with van der Waals surface area (Å²) in [7, 11) is 0. The maximum atomic E-state index is 15.2. The number of carbonyl (C=O) groups is 7. The zero-order valence-electron chi connectivity index (χ0n) is 39.4. The molecule has 2 aliphatic heterocycles. The lowest BCUT2D eigenvalue weighted by Gasteiger charge is -2.67. The summed E-state index contributed by atoms with van der Waals surface area (Å²) in [5.74, 6) is -6.34. The van der Waals surface area contributed by atoms with Crippen molar-refractivity contribution in [2.45, 2.75) is 134 Å². The molecule has 68 heavy (non-hydrogen) atoms. The number of amides is 3. The highest BCUT2D eigenvalue weighted by molar-refractivity contribution is 6.12. The Morgan fingerprint density at radius 2 is 1.54 bits per heavy atom. The Hall–Kier alpha value is -5.79. The van der Waals surface area contributed by atoms with Crippen LogP contribution in [0.1, 0.15) is 96.6 Å². The van der Waals surface area contributed by atoms with Gasteiger partial charge in [0.15, 0.2) is 17.5 Å². The molecular formula is C50H60N2O16. The van der Waals surface area contributed by atoms with E-state index in [4.69, 9.17) is 28.4 Å². The molecule has 2 bridgehead atoms. The molecule has 0 spiro atoms. The monoisotopic (exact) mass is 944 g/mol. The maximum Gasteiger partial charge on any atom is 0.408 e. The van der Waals surface area contributed by atoms with E-state index < -0.39 is 124 Å². The first-order valence-corrected chi connectivity index (χ1v) is 22.7. The lowest BCUT2D eigenvalue weighted by molar-refractivity contribution is -0.346. The highest BCUT2D eigenvalue weighted by Crippen LogP contribution is 2.64. The second-order valence-corrected chi connectivity index (χ2v) is 19.9. The van der Waals surface area contributed by atoms with Crippen LogP contribution < -0.4 is 5.32 Å². The van der Waals surface area contributed by atoms with Crippen molar-refractivity contribution in [2.24, 2.45) is 16.7 Å². The number of ether oxygens (including phenoxy) is 6. The summed E-state index contributed by atoms with van der Waals surface area (Å²) >= 11 is 0. The Morgan fingerprint density at radius 3 is 2.12 bits per heavy atom. The van der Waals surface area contributed by atoms with Crippen LogP contribution in [0.4, 0.5) is 4.79 Å². The largest absolute Gasteiger partial charge is 0.456 e. The van der Waals surface area contributed by atoms with Crippen molar-refractivity contribution in [1.82, 2.24) is 10.2 Å². The SMILES string of the molecule is CC(=O)O[C@@]12CO[C@@H]1C[C@H](O)[C@@]1(C)C(=O)[C@H](O)C3=C(C)[C@@H](OC(=O)[C@H](OCCCN4C(=O)C=CC4=O)[C@@H](NC(=O)OC(C)(C)C)c4ccccc4)C[C@@](O)([C@@H](OC(=O)c4ccccc4)[C@H]21)C3(C)C. The van der Waals surface area contributed by atoms with Gasteiger partial charge >= 0.3 is 24.0 Å². The number of hydrogen-bond donors (Lipinski definition) is 4. The van der Waals surface area contributed by atoms with Crippen molar-refractivity contribution in [3.63, 3.8) is 0 Å². The molecule has 18 heteroatoms. The summed E-state index contributed by atoms with van der Waals surface area (Å²) in [6.07, 6.45) is -9.00. The minimum Gasteiger partial charge on any atom is -0.456 e. The molecule has 3 fully saturated rings. The molecule has 0 unspecified atom stereocenters. The molecule has 3 aliphatic carbocycles. The molecule has 5 aliphatic rings. The van der Waals surface area contributed by atoms with Gasteiger partial charge in [0.05, 0.1) is 35.6 Å². The third-order valence-electron chi connectivity index (χ3n) is 14.3. The number of benzene rings is 2. The first-order chi connectivity index (χ1) is 31.9. The number of imide groups is 1. The van der Waals surface area contributed by atoms with Crippen LogP contribution in [-0.2, 0) is 52.4 Å². The summed E-state index contributed by atoms with van der Waals surface area (Å²) in [6.45, 7) is 11.5. The number of alkyl carbamates (subject to hydrolysis) is 1. The predicted octanol–water partition coefficient (Wildman–Crippen LogP) is 3.60. The number of esters is 3. The van der Waals surface area contributed by atoms with Crippen molar-refractivity contribution in [3.05, 3.63) is 95.1 Å². The molecule has 0 aromatic heterocycles. The van der Waals surface area contributed by atoms with Gasteiger partial charge in [-0.3, -0.25) is 24.1 Å². The minimum absolute atomic E-state index is 0.0564. The fourth-order valence-electron chi connectivity index (χ4n) is 10.8. The molecule has 18 nitrogen and oxygen atoms in total. The summed E-state index contributed by atoms with van der Waals surface area (Å²) in [5.41, 5.74) is -8.33. The first kappa shape index (κ1) is 50.1. The molecule has 2 aromatic rings. The third kappa shape index (κ3) is 8.88. The highest BCUT2D eigenvalue weighted by Gasteiger charge is 2.78. The van der Waals surface area contributed by atoms with Gasteiger partial charge in [-0.1, -0.05) is 62.4 Å². The number of rotatable bonds is 13. The quantitative estimate of drug-likeness (QED) is 0.0736. The summed E-state index contributed by atoms with van der Waals surface area (Å²) in [5, 5.41) is 40.9. The average Bonchev–Trinajstić information content (AvgIpc) is 3.59. The van der Waals surface area contributed by atoms with E-state index in [2.05, 4.69) is 5.32 Å². The Balaban J connectivity index is 1.34. The van der Waals surface area contributed by atoms with Crippen LogP contribution in [0.3, 0.4) is 0 Å². The van der Waals surface area contributed by atoms with Crippen LogP contribution in [0.15, 0.2) is 84.0 Å². The van der Waals surface area contributed by atoms with Crippen LogP contribution in [0.25, 0.3) is 0 Å². The maximum absolute atomic E-state index is 15.2. The lowest BCUT2D eigenvalue weighted by Crippen LogP contribution is -2.81. The Morgan fingerprint density at radius 1 is 0.926 bits per heavy atom. The van der Waals surface area contributed by atoms with Gasteiger partial charge in [0.25, 0.3) is 11.8 Å². The van der Waals surface area contributed by atoms with Gasteiger partial charge in [-0.05, 0) is 69.9 Å². The summed E-state index contributed by atoms with van der Waals surface area (Å²) in [4.78, 5) is 96.7. The number of hydrogen-bond acceptors (Lipinski definition) is 16. The van der Waals surface area contributed by atoms with E-state index in [1.165, 1.54) is 26.0 Å². The van der Waals surface area contributed by atoms with Crippen LogP contribution in [0.5, 0.6) is 0 Å². The van der Waals surface area contributed by atoms with Crippen LogP contribution in [-0.4, -0.2) is 135 Å². The fourth-order valence-corrected chi connectivity index (χ4v) is 10.8. The molecule has 3 amide bonds. The second-order valence-electron chi connectivity index (χ2n) is 19.9. The number of ketones is 1. The summed E-state index contributed by atoms with van der Waals surface area (Å²) < 4.78 is 36.5. The smallest absolute Gasteiger partial charge is 0.408 e. The second kappa shape index (κ2) is 18.6. The fraction of sp³-hybridized carbons (Fsp3) is 0.540. The standard InChI is InChI=1S/C50H60N2O16/c1-27-31(65-44(60)39(63-23-15-22-52-34(55)20-21-35(52)56)37(29-16-11-9-12-17-29)51-45(61)68-46(3,4)5)25-50(62)42(66-43(59)30-18-13-10-14-19-30)40-48(8,41(58)38(57)36(27)47(50,6)7)32(54)24-33-49(40,26-64-33)67-28(2)53/h9-14,16-21,31-33,37-40,42,54,57,62H,15,22-26H2,1-8H3,(H,51,61)/t31-,32-,33+,37-,38+,39+,40-,42-,48+,49-,50+/m0/s1. The van der Waals surface area contributed by atoms with E-state index in [1.54, 1.807) is 83.1 Å². The number of Topliss-reactive ketones (excluding diaryl/α,β-unsaturated/α-hetero) is 1. The van der Waals surface area contributed by atoms with Crippen molar-refractivity contribution in [1.29, 1.82) is 0 Å². The molecular weight excluding hydrogens is 885 g/mol. The molecule has 2 heterocycles. The first-order valence-electron chi connectivity index (χ1n) is 22.7. The highest BCUT2D eigenvalue weighted by atomic mass is 16.6. The van der Waals surface area contributed by atoms with Gasteiger partial charge in [-0.2, -0.15) is 0 Å². The minimum atomic E-state index is -2.40. The Labute approximate surface area is 393 Å². The topological polar surface area (TPSA) is 251 Å². The van der Waals surface area contributed by atoms with Crippen molar-refractivity contribution < 1.29 is 77.3 Å². The number of fused-ring (bicyclic) bond motifs is 5. The van der Waals surface area contributed by atoms with Gasteiger partial charge in [-0.25, -0.2) is 14.4 Å². The summed E-state index contributed by atoms with van der Waals surface area (Å²) in [6, 6.07) is 14.9. The van der Waals surface area contributed by atoms with Crippen LogP contribution in [0.2, 0.25) is 0 Å². The van der Waals surface area contributed by atoms with Crippen LogP contribution in [0, 0.1) is 16.7 Å². The molecule has 7 rings (SSSR count). The van der Waals surface area contributed by atoms with E-state index >= 15 is 9.59 Å². The van der Waals surface area contributed by atoms with Gasteiger partial charge < -0.3 is 49.1 Å². The number of aliphatic hydroxyl groups excluding tert-OH is 2. The molecule has 4 N–H and O–H groups in total. The zero-order chi connectivity index (χ0) is 49.7. The molecule has 0 radical (unpaired) electrons. The number of carbonyl (C=O) groups excluding carboxylic acids is 7. The van der Waals surface area contributed by atoms with Crippen LogP contribution >= 0.6 is 0 Å².